The summed E-state index contributed by atoms with van der Waals surface area (Å²) in [7, 11) is 0. The molecule has 1 aromatic heterocycles. The maximum absolute atomic E-state index is 6.03. The second kappa shape index (κ2) is 5.36. The van der Waals surface area contributed by atoms with Crippen LogP contribution in [0.4, 0.5) is 0 Å². The Morgan fingerprint density at radius 3 is 2.67 bits per heavy atom. The van der Waals surface area contributed by atoms with Crippen molar-refractivity contribution in [1.29, 1.82) is 0 Å². The Morgan fingerprint density at radius 1 is 1.22 bits per heavy atom. The van der Waals surface area contributed by atoms with Gasteiger partial charge in [-0.05, 0) is 31.9 Å². The van der Waals surface area contributed by atoms with Crippen LogP contribution in [0.15, 0.2) is 24.5 Å². The summed E-state index contributed by atoms with van der Waals surface area (Å²) < 4.78 is 5.83. The molecule has 2 aromatic rings. The molecule has 0 aliphatic carbocycles. The minimum absolute atomic E-state index is 0.451. The molecule has 0 atom stereocenters. The monoisotopic (exact) mass is 262 g/mol. The first-order valence-corrected chi connectivity index (χ1v) is 6.24. The van der Waals surface area contributed by atoms with E-state index in [1.807, 2.05) is 26.0 Å². The molecule has 18 heavy (non-hydrogen) atoms. The Hall–Kier alpha value is -1.61. The lowest BCUT2D eigenvalue weighted by Crippen LogP contribution is -1.97. The van der Waals surface area contributed by atoms with Gasteiger partial charge >= 0.3 is 0 Å². The van der Waals surface area contributed by atoms with Gasteiger partial charge in [-0.2, -0.15) is 0 Å². The highest BCUT2D eigenvalue weighted by Crippen LogP contribution is 2.29. The van der Waals surface area contributed by atoms with Crippen molar-refractivity contribution in [2.75, 3.05) is 0 Å². The zero-order chi connectivity index (χ0) is 13.1. The molecule has 0 radical (unpaired) electrons. The predicted molar refractivity (Wildman–Crippen MR) is 72.4 cm³/mol. The third-order valence-electron chi connectivity index (χ3n) is 2.74. The lowest BCUT2D eigenvalue weighted by atomic mass is 10.1. The molecule has 0 N–H and O–H groups in total. The van der Waals surface area contributed by atoms with Crippen molar-refractivity contribution in [2.24, 2.45) is 0 Å². The smallest absolute Gasteiger partial charge is 0.227 e. The van der Waals surface area contributed by atoms with Crippen molar-refractivity contribution >= 4 is 11.6 Å². The fraction of sp³-hybridized carbons (Fsp3) is 0.286. The Balaban J connectivity index is 2.37. The number of rotatable bonds is 3. The van der Waals surface area contributed by atoms with E-state index in [0.29, 0.717) is 11.0 Å². The van der Waals surface area contributed by atoms with Crippen LogP contribution in [0.3, 0.4) is 0 Å². The fourth-order valence-electron chi connectivity index (χ4n) is 1.78. The van der Waals surface area contributed by atoms with Gasteiger partial charge in [0, 0.05) is 0 Å². The molecule has 0 amide bonds. The predicted octanol–water partition coefficient (Wildman–Crippen LogP) is 4.10. The molecule has 0 saturated heterocycles. The first-order valence-electron chi connectivity index (χ1n) is 5.86. The van der Waals surface area contributed by atoms with Gasteiger partial charge in [-0.15, -0.1) is 0 Å². The summed E-state index contributed by atoms with van der Waals surface area (Å²) in [6.45, 7) is 6.06. The number of hydrogen-bond acceptors (Lipinski definition) is 3. The Kier molecular flexibility index (Phi) is 3.82. The molecule has 0 saturated carbocycles. The van der Waals surface area contributed by atoms with E-state index in [2.05, 4.69) is 23.0 Å². The van der Waals surface area contributed by atoms with E-state index in [4.69, 9.17) is 16.3 Å². The Bertz CT molecular complexity index is 570. The molecule has 0 fully saturated rings. The van der Waals surface area contributed by atoms with Gasteiger partial charge in [0.15, 0.2) is 0 Å². The van der Waals surface area contributed by atoms with Gasteiger partial charge < -0.3 is 4.74 Å². The van der Waals surface area contributed by atoms with Gasteiger partial charge in [-0.25, -0.2) is 9.97 Å². The molecule has 0 spiro atoms. The van der Waals surface area contributed by atoms with Crippen LogP contribution in [-0.4, -0.2) is 9.97 Å². The number of benzene rings is 1. The molecular formula is C14H15ClN2O. The molecule has 2 rings (SSSR count). The number of aromatic nitrogens is 2. The normalized spacial score (nSPS) is 10.4. The fourth-order valence-corrected chi connectivity index (χ4v) is 2.04. The van der Waals surface area contributed by atoms with E-state index >= 15 is 0 Å². The number of aryl methyl sites for hydroxylation is 2. The van der Waals surface area contributed by atoms with Crippen LogP contribution in [0.5, 0.6) is 11.6 Å². The molecule has 3 nitrogen and oxygen atoms in total. The van der Waals surface area contributed by atoms with Crippen molar-refractivity contribution in [3.05, 3.63) is 46.4 Å². The number of halogens is 1. The molecule has 0 aliphatic heterocycles. The average molecular weight is 263 g/mol. The standard InChI is InChI=1S/C14H15ClN2O/c1-4-11-13(15)16-8-17-14(11)18-12-6-5-9(2)7-10(12)3/h5-8H,4H2,1-3H3. The third kappa shape index (κ3) is 2.62. The topological polar surface area (TPSA) is 35.0 Å². The summed E-state index contributed by atoms with van der Waals surface area (Å²) in [5, 5.41) is 0.451. The van der Waals surface area contributed by atoms with Gasteiger partial charge in [-0.1, -0.05) is 36.2 Å². The lowest BCUT2D eigenvalue weighted by Gasteiger charge is -2.11. The zero-order valence-corrected chi connectivity index (χ0v) is 11.5. The van der Waals surface area contributed by atoms with Gasteiger partial charge in [-0.3, -0.25) is 0 Å². The molecular weight excluding hydrogens is 248 g/mol. The minimum atomic E-state index is 0.451. The van der Waals surface area contributed by atoms with E-state index in [9.17, 15) is 0 Å². The van der Waals surface area contributed by atoms with E-state index in [1.54, 1.807) is 0 Å². The lowest BCUT2D eigenvalue weighted by molar-refractivity contribution is 0.451. The van der Waals surface area contributed by atoms with Crippen LogP contribution in [0.25, 0.3) is 0 Å². The molecule has 94 valence electrons. The highest BCUT2D eigenvalue weighted by molar-refractivity contribution is 6.30. The van der Waals surface area contributed by atoms with Gasteiger partial charge in [0.2, 0.25) is 5.88 Å². The summed E-state index contributed by atoms with van der Waals surface area (Å²) in [5.41, 5.74) is 3.11. The molecule has 1 aromatic carbocycles. The minimum Gasteiger partial charge on any atom is -0.438 e. The molecule has 0 bridgehead atoms. The number of nitrogens with zero attached hydrogens (tertiary/aromatic N) is 2. The van der Waals surface area contributed by atoms with Crippen molar-refractivity contribution in [3.8, 4) is 11.6 Å². The quantitative estimate of drug-likeness (QED) is 0.781. The highest BCUT2D eigenvalue weighted by Gasteiger charge is 2.11. The first-order chi connectivity index (χ1) is 8.61. The largest absolute Gasteiger partial charge is 0.438 e. The van der Waals surface area contributed by atoms with E-state index < -0.39 is 0 Å². The Labute approximate surface area is 112 Å². The van der Waals surface area contributed by atoms with Crippen molar-refractivity contribution in [3.63, 3.8) is 0 Å². The van der Waals surface area contributed by atoms with Crippen molar-refractivity contribution in [1.82, 2.24) is 9.97 Å². The molecule has 1 heterocycles. The van der Waals surface area contributed by atoms with Gasteiger partial charge in [0.25, 0.3) is 0 Å². The summed E-state index contributed by atoms with van der Waals surface area (Å²) in [6, 6.07) is 6.03. The van der Waals surface area contributed by atoms with Gasteiger partial charge in [0.1, 0.15) is 17.2 Å². The van der Waals surface area contributed by atoms with E-state index in [0.717, 1.165) is 23.3 Å². The summed E-state index contributed by atoms with van der Waals surface area (Å²) in [6.07, 6.45) is 2.15. The van der Waals surface area contributed by atoms with E-state index in [-0.39, 0.29) is 0 Å². The van der Waals surface area contributed by atoms with Crippen LogP contribution in [0, 0.1) is 13.8 Å². The maximum Gasteiger partial charge on any atom is 0.227 e. The molecule has 4 heteroatoms. The SMILES string of the molecule is CCc1c(Cl)ncnc1Oc1ccc(C)cc1C. The van der Waals surface area contributed by atoms with Crippen LogP contribution in [-0.2, 0) is 6.42 Å². The number of hydrogen-bond donors (Lipinski definition) is 0. The molecule has 0 unspecified atom stereocenters. The van der Waals surface area contributed by atoms with Crippen molar-refractivity contribution in [2.45, 2.75) is 27.2 Å². The van der Waals surface area contributed by atoms with Crippen LogP contribution >= 0.6 is 11.6 Å². The van der Waals surface area contributed by atoms with Crippen LogP contribution in [0.2, 0.25) is 5.15 Å². The zero-order valence-electron chi connectivity index (χ0n) is 10.7. The van der Waals surface area contributed by atoms with Crippen LogP contribution in [0.1, 0.15) is 23.6 Å². The van der Waals surface area contributed by atoms with Gasteiger partial charge in [0.05, 0.1) is 5.56 Å². The second-order valence-electron chi connectivity index (χ2n) is 4.17. The average Bonchev–Trinajstić information content (AvgIpc) is 2.33. The summed E-state index contributed by atoms with van der Waals surface area (Å²) in [5.74, 6) is 1.33. The Morgan fingerprint density at radius 2 is 2.00 bits per heavy atom. The van der Waals surface area contributed by atoms with Crippen molar-refractivity contribution < 1.29 is 4.74 Å². The summed E-state index contributed by atoms with van der Waals surface area (Å²) >= 11 is 6.03. The number of ether oxygens (including phenoxy) is 1. The summed E-state index contributed by atoms with van der Waals surface area (Å²) in [4.78, 5) is 8.11. The van der Waals surface area contributed by atoms with E-state index in [1.165, 1.54) is 11.9 Å². The second-order valence-corrected chi connectivity index (χ2v) is 4.53. The molecule has 0 aliphatic rings. The highest BCUT2D eigenvalue weighted by atomic mass is 35.5. The first kappa shape index (κ1) is 12.8. The maximum atomic E-state index is 6.03. The third-order valence-corrected chi connectivity index (χ3v) is 3.07. The van der Waals surface area contributed by atoms with Crippen LogP contribution < -0.4 is 4.74 Å².